The van der Waals surface area contributed by atoms with Crippen LogP contribution in [0.15, 0.2) is 28.0 Å². The second-order valence-corrected chi connectivity index (χ2v) is 6.02. The zero-order valence-corrected chi connectivity index (χ0v) is 15.2. The number of aryl methyl sites for hydroxylation is 1. The lowest BCUT2D eigenvalue weighted by molar-refractivity contribution is -0.144. The highest BCUT2D eigenvalue weighted by Crippen LogP contribution is 2.30. The summed E-state index contributed by atoms with van der Waals surface area (Å²) in [5.74, 6) is -1.88. The average Bonchev–Trinajstić information content (AvgIpc) is 2.57. The molecule has 0 unspecified atom stereocenters. The fourth-order valence-corrected chi connectivity index (χ4v) is 2.54. The Morgan fingerprint density at radius 1 is 1.30 bits per heavy atom. The van der Waals surface area contributed by atoms with Gasteiger partial charge in [-0.2, -0.15) is 18.3 Å². The summed E-state index contributed by atoms with van der Waals surface area (Å²) in [4.78, 5) is 23.4. The maximum absolute atomic E-state index is 14.3. The first-order valence-corrected chi connectivity index (χ1v) is 7.81. The molecule has 5 nitrogen and oxygen atoms in total. The summed E-state index contributed by atoms with van der Waals surface area (Å²) >= 11 is 11.6. The third-order valence-electron chi connectivity index (χ3n) is 3.39. The van der Waals surface area contributed by atoms with Crippen LogP contribution in [0.25, 0.3) is 17.3 Å². The normalized spacial score (nSPS) is 12.2. The van der Waals surface area contributed by atoms with Crippen molar-refractivity contribution in [3.63, 3.8) is 0 Å². The van der Waals surface area contributed by atoms with Crippen LogP contribution in [0.2, 0.25) is 5.02 Å². The number of nitrogens with zero attached hydrogens (tertiary/aromatic N) is 2. The highest BCUT2D eigenvalue weighted by atomic mass is 35.5. The molecule has 1 aromatic carbocycles. The van der Waals surface area contributed by atoms with Crippen molar-refractivity contribution in [2.45, 2.75) is 6.18 Å². The number of ether oxygens (including phenoxy) is 1. The van der Waals surface area contributed by atoms with Gasteiger partial charge in [0.25, 0.3) is 0 Å². The zero-order valence-electron chi connectivity index (χ0n) is 13.7. The molecular formula is C16H10Cl2F4N2O3. The summed E-state index contributed by atoms with van der Waals surface area (Å²) in [5.41, 5.74) is -3.37. The number of carbonyl (C=O) groups is 1. The maximum Gasteiger partial charge on any atom is 0.433 e. The Labute approximate surface area is 159 Å². The van der Waals surface area contributed by atoms with E-state index in [1.807, 2.05) is 0 Å². The Bertz CT molecular complexity index is 1000. The molecule has 2 rings (SSSR count). The Morgan fingerprint density at radius 2 is 1.93 bits per heavy atom. The van der Waals surface area contributed by atoms with E-state index in [-0.39, 0.29) is 15.6 Å². The van der Waals surface area contributed by atoms with Gasteiger partial charge in [0.15, 0.2) is 0 Å². The molecule has 1 heterocycles. The lowest BCUT2D eigenvalue weighted by atomic mass is 10.1. The van der Waals surface area contributed by atoms with Crippen LogP contribution in [0.5, 0.6) is 0 Å². The third-order valence-corrected chi connectivity index (χ3v) is 3.99. The molecule has 0 fully saturated rings. The summed E-state index contributed by atoms with van der Waals surface area (Å²) in [6.07, 6.45) is -3.74. The Hall–Kier alpha value is -2.39. The minimum Gasteiger partial charge on any atom is -0.465 e. The predicted octanol–water partition coefficient (Wildman–Crippen LogP) is 4.01. The van der Waals surface area contributed by atoms with Gasteiger partial charge in [0.2, 0.25) is 5.43 Å². The smallest absolute Gasteiger partial charge is 0.433 e. The number of alkyl halides is 3. The molecule has 0 spiro atoms. The predicted molar refractivity (Wildman–Crippen MR) is 90.7 cm³/mol. The highest BCUT2D eigenvalue weighted by Gasteiger charge is 2.34. The van der Waals surface area contributed by atoms with Gasteiger partial charge in [-0.3, -0.25) is 9.48 Å². The summed E-state index contributed by atoms with van der Waals surface area (Å²) in [6.45, 7) is 0. The number of esters is 1. The molecule has 11 heteroatoms. The standard InChI is InChI=1S/C16H10Cl2F4N2O3/c1-24-13(16(20,21)22)6-12(25)14(23-24)8-3-7(9(17)5-11(8)19)4-10(18)15(26)27-2/h3-6H,1-2H3/b10-4-. The van der Waals surface area contributed by atoms with Crippen molar-refractivity contribution in [3.05, 3.63) is 55.6 Å². The number of hydrogen-bond donors (Lipinski definition) is 0. The van der Waals surface area contributed by atoms with Crippen molar-refractivity contribution in [3.8, 4) is 11.3 Å². The van der Waals surface area contributed by atoms with Gasteiger partial charge in [0, 0.05) is 18.7 Å². The van der Waals surface area contributed by atoms with E-state index in [0.29, 0.717) is 10.7 Å². The van der Waals surface area contributed by atoms with Crippen LogP contribution in [0.1, 0.15) is 11.3 Å². The van der Waals surface area contributed by atoms with Crippen molar-refractivity contribution in [2.75, 3.05) is 7.11 Å². The largest absolute Gasteiger partial charge is 0.465 e. The monoisotopic (exact) mass is 424 g/mol. The topological polar surface area (TPSA) is 61.2 Å². The van der Waals surface area contributed by atoms with Gasteiger partial charge in [0.1, 0.15) is 22.2 Å². The molecule has 0 amide bonds. The Kier molecular flexibility index (Phi) is 5.96. The maximum atomic E-state index is 14.3. The van der Waals surface area contributed by atoms with Gasteiger partial charge >= 0.3 is 12.1 Å². The van der Waals surface area contributed by atoms with Crippen LogP contribution in [0, 0.1) is 5.82 Å². The molecule has 2 aromatic rings. The summed E-state index contributed by atoms with van der Waals surface area (Å²) in [5, 5.41) is 2.99. The lowest BCUT2D eigenvalue weighted by Crippen LogP contribution is -2.22. The van der Waals surface area contributed by atoms with E-state index in [4.69, 9.17) is 23.2 Å². The number of hydrogen-bond acceptors (Lipinski definition) is 4. The van der Waals surface area contributed by atoms with Gasteiger partial charge in [-0.25, -0.2) is 9.18 Å². The number of halogens is 6. The van der Waals surface area contributed by atoms with E-state index >= 15 is 0 Å². The molecule has 0 N–H and O–H groups in total. The molecule has 144 valence electrons. The summed E-state index contributed by atoms with van der Waals surface area (Å²) in [7, 11) is 2.06. The van der Waals surface area contributed by atoms with Gasteiger partial charge < -0.3 is 4.74 Å². The molecule has 27 heavy (non-hydrogen) atoms. The Balaban J connectivity index is 2.67. The van der Waals surface area contributed by atoms with Gasteiger partial charge in [-0.1, -0.05) is 23.2 Å². The van der Waals surface area contributed by atoms with Gasteiger partial charge in [0.05, 0.1) is 12.1 Å². The fraction of sp³-hybridized carbons (Fsp3) is 0.188. The van der Waals surface area contributed by atoms with Crippen molar-refractivity contribution < 1.29 is 27.1 Å². The first kappa shape index (κ1) is 20.9. The van der Waals surface area contributed by atoms with Crippen LogP contribution in [0.4, 0.5) is 17.6 Å². The minimum absolute atomic E-state index is 0.0345. The SMILES string of the molecule is COC(=O)/C(Cl)=C/c1cc(-c2nn(C)c(C(F)(F)F)cc2=O)c(F)cc1Cl. The van der Waals surface area contributed by atoms with Crippen LogP contribution in [0.3, 0.4) is 0 Å². The Morgan fingerprint density at radius 3 is 2.48 bits per heavy atom. The van der Waals surface area contributed by atoms with E-state index in [0.717, 1.165) is 32.4 Å². The third kappa shape index (κ3) is 4.48. The first-order chi connectivity index (χ1) is 12.5. The number of aromatic nitrogens is 2. The molecule has 1 aromatic heterocycles. The average molecular weight is 425 g/mol. The number of methoxy groups -OCH3 is 1. The first-order valence-electron chi connectivity index (χ1n) is 7.06. The molecule has 0 aliphatic heterocycles. The van der Waals surface area contributed by atoms with Crippen LogP contribution < -0.4 is 5.43 Å². The van der Waals surface area contributed by atoms with E-state index in [1.165, 1.54) is 0 Å². The van der Waals surface area contributed by atoms with Crippen molar-refractivity contribution in [2.24, 2.45) is 7.05 Å². The second kappa shape index (κ2) is 7.69. The highest BCUT2D eigenvalue weighted by molar-refractivity contribution is 6.43. The quantitative estimate of drug-likeness (QED) is 0.424. The van der Waals surface area contributed by atoms with Crippen LogP contribution in [-0.4, -0.2) is 22.9 Å². The van der Waals surface area contributed by atoms with Crippen LogP contribution in [-0.2, 0) is 22.8 Å². The van der Waals surface area contributed by atoms with E-state index < -0.39 is 40.3 Å². The summed E-state index contributed by atoms with van der Waals surface area (Å²) in [6, 6.07) is 2.18. The van der Waals surface area contributed by atoms with E-state index in [1.54, 1.807) is 0 Å². The zero-order chi connectivity index (χ0) is 20.5. The molecule has 0 saturated carbocycles. The van der Waals surface area contributed by atoms with Crippen molar-refractivity contribution in [1.29, 1.82) is 0 Å². The minimum atomic E-state index is -4.81. The lowest BCUT2D eigenvalue weighted by Gasteiger charge is -2.13. The van der Waals surface area contributed by atoms with E-state index in [9.17, 15) is 27.2 Å². The fourth-order valence-electron chi connectivity index (χ4n) is 2.14. The molecular weight excluding hydrogens is 415 g/mol. The molecule has 0 aliphatic rings. The van der Waals surface area contributed by atoms with Crippen LogP contribution >= 0.6 is 23.2 Å². The molecule has 0 atom stereocenters. The number of carbonyl (C=O) groups excluding carboxylic acids is 1. The number of benzene rings is 1. The van der Waals surface area contributed by atoms with E-state index in [2.05, 4.69) is 9.84 Å². The molecule has 0 aliphatic carbocycles. The van der Waals surface area contributed by atoms with Crippen molar-refractivity contribution in [1.82, 2.24) is 9.78 Å². The number of rotatable bonds is 3. The summed E-state index contributed by atoms with van der Waals surface area (Å²) < 4.78 is 57.7. The second-order valence-electron chi connectivity index (χ2n) is 5.20. The van der Waals surface area contributed by atoms with Gasteiger partial charge in [-0.05, 0) is 23.8 Å². The molecule has 0 bridgehead atoms. The van der Waals surface area contributed by atoms with Crippen molar-refractivity contribution >= 4 is 35.2 Å². The molecule has 0 radical (unpaired) electrons. The van der Waals surface area contributed by atoms with Gasteiger partial charge in [-0.15, -0.1) is 0 Å². The molecule has 0 saturated heterocycles.